The number of carbonyl (C=O) groups excluding carboxylic acids is 2. The highest BCUT2D eigenvalue weighted by atomic mass is 16.7. The number of imide groups is 1. The van der Waals surface area contributed by atoms with Crippen LogP contribution in [0.2, 0.25) is 0 Å². The lowest BCUT2D eigenvalue weighted by Crippen LogP contribution is -2.41. The first-order chi connectivity index (χ1) is 15.1. The molecule has 32 heavy (non-hydrogen) atoms. The van der Waals surface area contributed by atoms with Crippen LogP contribution in [-0.2, 0) is 18.9 Å². The number of anilines is 1. The number of nitrogens with zero attached hydrogens (tertiary/aromatic N) is 1. The van der Waals surface area contributed by atoms with Crippen molar-refractivity contribution in [2.45, 2.75) is 71.5 Å². The molecule has 7 heteroatoms. The quantitative estimate of drug-likeness (QED) is 0.341. The summed E-state index contributed by atoms with van der Waals surface area (Å²) in [5.41, 5.74) is 2.46. The molecule has 0 bridgehead atoms. The van der Waals surface area contributed by atoms with Crippen LogP contribution in [0.15, 0.2) is 36.4 Å². The van der Waals surface area contributed by atoms with Crippen molar-refractivity contribution in [3.05, 3.63) is 42.0 Å². The lowest BCUT2D eigenvalue weighted by molar-refractivity contribution is -0.136. The van der Waals surface area contributed by atoms with Crippen LogP contribution in [0.25, 0.3) is 6.08 Å². The molecule has 1 aromatic rings. The SMILES string of the molecule is C/C=C/c1cc(NCCCCCCN2C(=O)C=CC2=O)ccc1B1OC(C)(C)C(C)(C)O1. The molecule has 1 N–H and O–H groups in total. The van der Waals surface area contributed by atoms with Gasteiger partial charge in [-0.25, -0.2) is 0 Å². The monoisotopic (exact) mass is 438 g/mol. The van der Waals surface area contributed by atoms with Crippen molar-refractivity contribution in [1.82, 2.24) is 4.90 Å². The molecular formula is C25H35BN2O4. The fourth-order valence-corrected chi connectivity index (χ4v) is 3.83. The van der Waals surface area contributed by atoms with Gasteiger partial charge in [-0.2, -0.15) is 0 Å². The van der Waals surface area contributed by atoms with Gasteiger partial charge < -0.3 is 14.6 Å². The summed E-state index contributed by atoms with van der Waals surface area (Å²) in [5, 5.41) is 3.50. The summed E-state index contributed by atoms with van der Waals surface area (Å²) in [6.07, 6.45) is 10.7. The van der Waals surface area contributed by atoms with Gasteiger partial charge in [-0.05, 0) is 70.6 Å². The first-order valence-corrected chi connectivity index (χ1v) is 11.5. The molecule has 172 valence electrons. The molecular weight excluding hydrogens is 403 g/mol. The van der Waals surface area contributed by atoms with Gasteiger partial charge in [-0.1, -0.05) is 31.1 Å². The lowest BCUT2D eigenvalue weighted by Gasteiger charge is -2.32. The Morgan fingerprint density at radius 3 is 2.22 bits per heavy atom. The molecule has 0 aromatic heterocycles. The van der Waals surface area contributed by atoms with E-state index >= 15 is 0 Å². The number of hydrogen-bond donors (Lipinski definition) is 1. The van der Waals surface area contributed by atoms with E-state index in [1.165, 1.54) is 17.1 Å². The van der Waals surface area contributed by atoms with Crippen LogP contribution in [-0.4, -0.2) is 48.1 Å². The van der Waals surface area contributed by atoms with Crippen molar-refractivity contribution in [2.75, 3.05) is 18.4 Å². The summed E-state index contributed by atoms with van der Waals surface area (Å²) in [4.78, 5) is 24.4. The first-order valence-electron chi connectivity index (χ1n) is 11.5. The summed E-state index contributed by atoms with van der Waals surface area (Å²) >= 11 is 0. The van der Waals surface area contributed by atoms with E-state index in [0.717, 1.165) is 48.9 Å². The van der Waals surface area contributed by atoms with Crippen LogP contribution >= 0.6 is 0 Å². The maximum absolute atomic E-state index is 11.5. The average Bonchev–Trinajstić information content (AvgIpc) is 3.15. The maximum atomic E-state index is 11.5. The Labute approximate surface area is 192 Å². The number of rotatable bonds is 10. The minimum Gasteiger partial charge on any atom is -0.399 e. The molecule has 3 rings (SSSR count). The number of benzene rings is 1. The fraction of sp³-hybridized carbons (Fsp3) is 0.520. The van der Waals surface area contributed by atoms with E-state index in [9.17, 15) is 9.59 Å². The predicted molar refractivity (Wildman–Crippen MR) is 130 cm³/mol. The van der Waals surface area contributed by atoms with Crippen LogP contribution in [0.1, 0.15) is 65.9 Å². The molecule has 0 radical (unpaired) electrons. The van der Waals surface area contributed by atoms with Gasteiger partial charge in [0, 0.05) is 30.9 Å². The smallest absolute Gasteiger partial charge is 0.399 e. The van der Waals surface area contributed by atoms with Crippen LogP contribution in [0.4, 0.5) is 5.69 Å². The van der Waals surface area contributed by atoms with Crippen LogP contribution < -0.4 is 10.8 Å². The molecule has 0 saturated carbocycles. The summed E-state index contributed by atoms with van der Waals surface area (Å²) in [5.74, 6) is -0.393. The minimum absolute atomic E-state index is 0.197. The van der Waals surface area contributed by atoms with Gasteiger partial charge in [0.2, 0.25) is 0 Å². The van der Waals surface area contributed by atoms with Gasteiger partial charge in [0.1, 0.15) is 0 Å². The van der Waals surface area contributed by atoms with Gasteiger partial charge >= 0.3 is 7.12 Å². The van der Waals surface area contributed by atoms with Gasteiger partial charge in [0.05, 0.1) is 11.2 Å². The van der Waals surface area contributed by atoms with Crippen molar-refractivity contribution in [1.29, 1.82) is 0 Å². The summed E-state index contributed by atoms with van der Waals surface area (Å²) in [6.45, 7) is 11.6. The van der Waals surface area contributed by atoms with Crippen LogP contribution in [0.5, 0.6) is 0 Å². The van der Waals surface area contributed by atoms with E-state index in [4.69, 9.17) is 9.31 Å². The highest BCUT2D eigenvalue weighted by molar-refractivity contribution is 6.63. The number of unbranched alkanes of at least 4 members (excludes halogenated alkanes) is 3. The van der Waals surface area contributed by atoms with Crippen molar-refractivity contribution < 1.29 is 18.9 Å². The zero-order valence-electron chi connectivity index (χ0n) is 19.9. The molecule has 1 aromatic carbocycles. The Bertz CT molecular complexity index is 873. The second kappa shape index (κ2) is 10.0. The molecule has 2 amide bonds. The van der Waals surface area contributed by atoms with E-state index in [0.29, 0.717) is 6.54 Å². The fourth-order valence-electron chi connectivity index (χ4n) is 3.83. The van der Waals surface area contributed by atoms with E-state index in [1.807, 2.05) is 13.0 Å². The highest BCUT2D eigenvalue weighted by Gasteiger charge is 2.52. The second-order valence-electron chi connectivity index (χ2n) is 9.43. The minimum atomic E-state index is -0.384. The van der Waals surface area contributed by atoms with Crippen molar-refractivity contribution in [3.8, 4) is 0 Å². The molecule has 2 aliphatic rings. The Morgan fingerprint density at radius 1 is 0.969 bits per heavy atom. The molecule has 0 aliphatic carbocycles. The molecule has 1 saturated heterocycles. The number of allylic oxidation sites excluding steroid dienone is 1. The molecule has 0 unspecified atom stereocenters. The van der Waals surface area contributed by atoms with Crippen LogP contribution in [0.3, 0.4) is 0 Å². The third-order valence-electron chi connectivity index (χ3n) is 6.48. The number of hydrogen-bond acceptors (Lipinski definition) is 5. The van der Waals surface area contributed by atoms with E-state index in [-0.39, 0.29) is 30.1 Å². The molecule has 2 heterocycles. The summed E-state index contributed by atoms with van der Waals surface area (Å²) < 4.78 is 12.5. The predicted octanol–water partition coefficient (Wildman–Crippen LogP) is 3.92. The first kappa shape index (κ1) is 24.3. The average molecular weight is 438 g/mol. The summed E-state index contributed by atoms with van der Waals surface area (Å²) in [6, 6.07) is 6.29. The topological polar surface area (TPSA) is 67.9 Å². The molecule has 1 fully saturated rings. The van der Waals surface area contributed by atoms with Crippen LogP contribution in [0, 0.1) is 0 Å². The zero-order valence-corrected chi connectivity index (χ0v) is 19.9. The van der Waals surface area contributed by atoms with Crippen molar-refractivity contribution >= 4 is 36.2 Å². The molecule has 6 nitrogen and oxygen atoms in total. The number of amides is 2. The normalized spacial score (nSPS) is 19.5. The Kier molecular flexibility index (Phi) is 7.62. The number of nitrogens with one attached hydrogen (secondary N) is 1. The Morgan fingerprint density at radius 2 is 1.59 bits per heavy atom. The largest absolute Gasteiger partial charge is 0.495 e. The Balaban J connectivity index is 1.47. The third-order valence-corrected chi connectivity index (χ3v) is 6.48. The molecule has 0 spiro atoms. The zero-order chi connectivity index (χ0) is 23.4. The standard InChI is InChI=1S/C25H35BN2O4/c1-6-11-19-18-20(12-13-21(19)26-31-24(2,3)25(4,5)32-26)27-16-9-7-8-10-17-28-22(29)14-15-23(28)30/h6,11-15,18,27H,7-10,16-17H2,1-5H3/b11-6+. The molecule has 0 atom stereocenters. The highest BCUT2D eigenvalue weighted by Crippen LogP contribution is 2.36. The third kappa shape index (κ3) is 5.51. The van der Waals surface area contributed by atoms with Crippen molar-refractivity contribution in [3.63, 3.8) is 0 Å². The van der Waals surface area contributed by atoms with Gasteiger partial charge in [0.15, 0.2) is 0 Å². The van der Waals surface area contributed by atoms with E-state index in [2.05, 4.69) is 57.3 Å². The Hall–Kier alpha value is -2.38. The van der Waals surface area contributed by atoms with Gasteiger partial charge in [0.25, 0.3) is 11.8 Å². The lowest BCUT2D eigenvalue weighted by atomic mass is 9.75. The summed E-state index contributed by atoms with van der Waals surface area (Å²) in [7, 11) is -0.384. The molecule has 2 aliphatic heterocycles. The van der Waals surface area contributed by atoms with Gasteiger partial charge in [-0.3, -0.25) is 14.5 Å². The maximum Gasteiger partial charge on any atom is 0.495 e. The second-order valence-corrected chi connectivity index (χ2v) is 9.43. The van der Waals surface area contributed by atoms with Crippen molar-refractivity contribution in [2.24, 2.45) is 0 Å². The number of carbonyl (C=O) groups is 2. The van der Waals surface area contributed by atoms with E-state index in [1.54, 1.807) is 0 Å². The van der Waals surface area contributed by atoms with E-state index < -0.39 is 0 Å². The van der Waals surface area contributed by atoms with Gasteiger partial charge in [-0.15, -0.1) is 0 Å².